The zero-order chi connectivity index (χ0) is 14.1. The van der Waals surface area contributed by atoms with Crippen LogP contribution in [0.2, 0.25) is 0 Å². The quantitative estimate of drug-likeness (QED) is 0.924. The largest absolute Gasteiger partial charge is 0.479 e. The molecule has 1 aromatic heterocycles. The molecule has 1 fully saturated rings. The molecule has 0 spiro atoms. The first-order valence-corrected chi connectivity index (χ1v) is 6.42. The Morgan fingerprint density at radius 2 is 2.05 bits per heavy atom. The molecule has 0 bridgehead atoms. The first kappa shape index (κ1) is 12.8. The van der Waals surface area contributed by atoms with Crippen LogP contribution >= 0.6 is 0 Å². The maximum Gasteiger partial charge on any atom is 0.332 e. The molecule has 6 nitrogen and oxygen atoms in total. The van der Waals surface area contributed by atoms with Crippen LogP contribution in [-0.2, 0) is 9.53 Å². The van der Waals surface area contributed by atoms with E-state index in [2.05, 4.69) is 10.1 Å². The molecule has 0 saturated carbocycles. The Morgan fingerprint density at radius 1 is 1.30 bits per heavy atom. The molecule has 1 aliphatic rings. The van der Waals surface area contributed by atoms with Crippen LogP contribution in [-0.4, -0.2) is 27.3 Å². The second kappa shape index (κ2) is 5.05. The molecule has 1 saturated heterocycles. The van der Waals surface area contributed by atoms with Crippen molar-refractivity contribution in [2.45, 2.75) is 32.0 Å². The van der Waals surface area contributed by atoms with Gasteiger partial charge in [-0.3, -0.25) is 0 Å². The number of aromatic nitrogens is 2. The molecule has 1 aliphatic heterocycles. The lowest BCUT2D eigenvalue weighted by Gasteiger charge is -2.05. The van der Waals surface area contributed by atoms with Gasteiger partial charge in [0.15, 0.2) is 6.10 Å². The van der Waals surface area contributed by atoms with Crippen LogP contribution in [0.15, 0.2) is 28.8 Å². The van der Waals surface area contributed by atoms with E-state index in [1.165, 1.54) is 0 Å². The van der Waals surface area contributed by atoms with Crippen LogP contribution in [0.3, 0.4) is 0 Å². The average molecular weight is 274 g/mol. The highest BCUT2D eigenvalue weighted by atomic mass is 16.5. The van der Waals surface area contributed by atoms with Gasteiger partial charge in [-0.05, 0) is 19.8 Å². The predicted molar refractivity (Wildman–Crippen MR) is 69.0 cm³/mol. The highest BCUT2D eigenvalue weighted by molar-refractivity contribution is 5.72. The van der Waals surface area contributed by atoms with Gasteiger partial charge in [0.25, 0.3) is 5.89 Å². The second-order valence-corrected chi connectivity index (χ2v) is 4.85. The lowest BCUT2D eigenvalue weighted by molar-refractivity contribution is -0.150. The molecule has 6 heteroatoms. The molecule has 2 aromatic rings. The summed E-state index contributed by atoms with van der Waals surface area (Å²) in [5.74, 6) is -0.127. The Balaban J connectivity index is 1.77. The van der Waals surface area contributed by atoms with Crippen LogP contribution in [0.25, 0.3) is 11.4 Å². The van der Waals surface area contributed by atoms with E-state index in [1.54, 1.807) is 0 Å². The Kier molecular flexibility index (Phi) is 3.23. The third-order valence-electron chi connectivity index (χ3n) is 3.32. The number of aliphatic carboxylic acids is 1. The maximum atomic E-state index is 10.8. The molecule has 2 unspecified atom stereocenters. The van der Waals surface area contributed by atoms with Crippen LogP contribution in [0.1, 0.15) is 30.4 Å². The zero-order valence-electron chi connectivity index (χ0n) is 10.9. The van der Waals surface area contributed by atoms with E-state index in [1.807, 2.05) is 31.2 Å². The molecule has 104 valence electrons. The summed E-state index contributed by atoms with van der Waals surface area (Å²) in [4.78, 5) is 15.1. The molecule has 2 heterocycles. The Bertz CT molecular complexity index is 620. The van der Waals surface area contributed by atoms with Crippen LogP contribution < -0.4 is 0 Å². The van der Waals surface area contributed by atoms with Crippen molar-refractivity contribution in [3.8, 4) is 11.4 Å². The van der Waals surface area contributed by atoms with Crippen molar-refractivity contribution in [3.05, 3.63) is 35.7 Å². The van der Waals surface area contributed by atoms with Gasteiger partial charge < -0.3 is 14.4 Å². The van der Waals surface area contributed by atoms with E-state index < -0.39 is 18.2 Å². The fraction of sp³-hybridized carbons (Fsp3) is 0.357. The van der Waals surface area contributed by atoms with Gasteiger partial charge in [0.1, 0.15) is 6.10 Å². The van der Waals surface area contributed by atoms with Gasteiger partial charge in [-0.2, -0.15) is 4.98 Å². The highest BCUT2D eigenvalue weighted by Crippen LogP contribution is 2.32. The number of aryl methyl sites for hydroxylation is 1. The summed E-state index contributed by atoms with van der Waals surface area (Å²) in [6, 6.07) is 7.77. The van der Waals surface area contributed by atoms with Gasteiger partial charge in [0.2, 0.25) is 5.82 Å². The van der Waals surface area contributed by atoms with Crippen LogP contribution in [0.5, 0.6) is 0 Å². The third-order valence-corrected chi connectivity index (χ3v) is 3.32. The third kappa shape index (κ3) is 2.42. The number of carboxylic acids is 1. The minimum Gasteiger partial charge on any atom is -0.479 e. The van der Waals surface area contributed by atoms with Crippen molar-refractivity contribution in [1.29, 1.82) is 0 Å². The molecule has 2 atom stereocenters. The average Bonchev–Trinajstić information content (AvgIpc) is 3.08. The Hall–Kier alpha value is -2.21. The van der Waals surface area contributed by atoms with E-state index in [0.717, 1.165) is 11.1 Å². The Morgan fingerprint density at radius 3 is 2.70 bits per heavy atom. The van der Waals surface area contributed by atoms with E-state index in [9.17, 15) is 4.79 Å². The van der Waals surface area contributed by atoms with Crippen molar-refractivity contribution in [1.82, 2.24) is 10.1 Å². The van der Waals surface area contributed by atoms with Crippen LogP contribution in [0, 0.1) is 6.92 Å². The molecule has 20 heavy (non-hydrogen) atoms. The SMILES string of the molecule is Cc1ccc(-c2noc(C3CCC(C(=O)O)O3)n2)cc1. The summed E-state index contributed by atoms with van der Waals surface area (Å²) in [5.41, 5.74) is 2.01. The summed E-state index contributed by atoms with van der Waals surface area (Å²) in [7, 11) is 0. The molecule has 0 radical (unpaired) electrons. The zero-order valence-corrected chi connectivity index (χ0v) is 10.9. The number of hydrogen-bond donors (Lipinski definition) is 1. The summed E-state index contributed by atoms with van der Waals surface area (Å²) in [6.45, 7) is 2.00. The summed E-state index contributed by atoms with van der Waals surface area (Å²) < 4.78 is 10.6. The number of hydrogen-bond acceptors (Lipinski definition) is 5. The van der Waals surface area contributed by atoms with Gasteiger partial charge in [0.05, 0.1) is 0 Å². The lowest BCUT2D eigenvalue weighted by atomic mass is 10.1. The first-order chi connectivity index (χ1) is 9.63. The van der Waals surface area contributed by atoms with E-state index in [-0.39, 0.29) is 0 Å². The van der Waals surface area contributed by atoms with Gasteiger partial charge in [-0.25, -0.2) is 4.79 Å². The summed E-state index contributed by atoms with van der Waals surface area (Å²) in [5, 5.41) is 12.8. The normalized spacial score (nSPS) is 22.1. The Labute approximate surface area is 115 Å². The van der Waals surface area contributed by atoms with E-state index in [0.29, 0.717) is 24.6 Å². The minimum absolute atomic E-state index is 0.337. The van der Waals surface area contributed by atoms with Crippen LogP contribution in [0.4, 0.5) is 0 Å². The van der Waals surface area contributed by atoms with E-state index >= 15 is 0 Å². The van der Waals surface area contributed by atoms with Crippen molar-refractivity contribution in [2.75, 3.05) is 0 Å². The maximum absolute atomic E-state index is 10.8. The van der Waals surface area contributed by atoms with E-state index in [4.69, 9.17) is 14.4 Å². The van der Waals surface area contributed by atoms with Crippen molar-refractivity contribution in [3.63, 3.8) is 0 Å². The molecule has 0 aliphatic carbocycles. The van der Waals surface area contributed by atoms with Gasteiger partial charge in [0, 0.05) is 5.56 Å². The smallest absolute Gasteiger partial charge is 0.332 e. The summed E-state index contributed by atoms with van der Waals surface area (Å²) >= 11 is 0. The summed E-state index contributed by atoms with van der Waals surface area (Å²) in [6.07, 6.45) is -0.174. The number of benzene rings is 1. The van der Waals surface area contributed by atoms with Gasteiger partial charge in [-0.1, -0.05) is 35.0 Å². The molecular formula is C14H14N2O4. The molecule has 0 amide bonds. The minimum atomic E-state index is -0.953. The number of rotatable bonds is 3. The molecular weight excluding hydrogens is 260 g/mol. The standard InChI is InChI=1S/C14H14N2O4/c1-8-2-4-9(5-3-8)12-15-13(20-16-12)10-6-7-11(19-10)14(17)18/h2-5,10-11H,6-7H2,1H3,(H,17,18). The van der Waals surface area contributed by atoms with Crippen molar-refractivity contribution >= 4 is 5.97 Å². The lowest BCUT2D eigenvalue weighted by Crippen LogP contribution is -2.18. The molecule has 1 N–H and O–H groups in total. The van der Waals surface area contributed by atoms with Gasteiger partial charge >= 0.3 is 5.97 Å². The number of carbonyl (C=O) groups is 1. The number of nitrogens with zero attached hydrogens (tertiary/aromatic N) is 2. The highest BCUT2D eigenvalue weighted by Gasteiger charge is 2.34. The number of ether oxygens (including phenoxy) is 1. The molecule has 1 aromatic carbocycles. The fourth-order valence-corrected chi connectivity index (χ4v) is 2.19. The second-order valence-electron chi connectivity index (χ2n) is 4.85. The van der Waals surface area contributed by atoms with Crippen molar-refractivity contribution < 1.29 is 19.2 Å². The van der Waals surface area contributed by atoms with Crippen molar-refractivity contribution in [2.24, 2.45) is 0 Å². The number of carboxylic acid groups (broad SMARTS) is 1. The predicted octanol–water partition coefficient (Wildman–Crippen LogP) is 2.35. The first-order valence-electron chi connectivity index (χ1n) is 6.42. The topological polar surface area (TPSA) is 85.5 Å². The van der Waals surface area contributed by atoms with Gasteiger partial charge in [-0.15, -0.1) is 0 Å². The molecule has 3 rings (SSSR count). The monoisotopic (exact) mass is 274 g/mol. The fourth-order valence-electron chi connectivity index (χ4n) is 2.19.